The fourth-order valence-electron chi connectivity index (χ4n) is 9.74. The molecule has 290 valence electrons. The van der Waals surface area contributed by atoms with Gasteiger partial charge in [-0.3, -0.25) is 18.6 Å². The lowest BCUT2D eigenvalue weighted by Crippen LogP contribution is -2.64. The van der Waals surface area contributed by atoms with Crippen molar-refractivity contribution >= 4 is 34.6 Å². The van der Waals surface area contributed by atoms with E-state index in [9.17, 15) is 18.6 Å². The highest BCUT2D eigenvalue weighted by Gasteiger charge is 2.58. The molecule has 5 fully saturated rings. The molecule has 4 N–H and O–H groups in total. The number of nitrogens with zero attached hydrogens (tertiary/aromatic N) is 1. The Labute approximate surface area is 310 Å². The number of carbonyl (C=O) groups is 4. The molecule has 5 amide bonds. The van der Waals surface area contributed by atoms with E-state index in [2.05, 4.69) is 49.0 Å². The first kappa shape index (κ1) is 40.0. The highest BCUT2D eigenvalue weighted by atomic mass is 32.2. The number of likely N-dealkylation sites (tertiary alicyclic amines) is 1. The lowest BCUT2D eigenvalue weighted by Gasteiger charge is -2.44. The normalized spacial score (nSPS) is 28.5. The van der Waals surface area contributed by atoms with Crippen LogP contribution in [0.3, 0.4) is 0 Å². The second kappa shape index (κ2) is 16.1. The highest BCUT2D eigenvalue weighted by molar-refractivity contribution is 7.86. The van der Waals surface area contributed by atoms with Crippen LogP contribution in [0.2, 0.25) is 0 Å². The maximum Gasteiger partial charge on any atom is 0.315 e. The van der Waals surface area contributed by atoms with Crippen LogP contribution in [0.1, 0.15) is 158 Å². The van der Waals surface area contributed by atoms with E-state index in [0.717, 1.165) is 96.3 Å². The minimum Gasteiger partial charge on any atom is -0.353 e. The summed E-state index contributed by atoms with van der Waals surface area (Å²) in [7, 11) is -1.14. The van der Waals surface area contributed by atoms with Gasteiger partial charge >= 0.3 is 6.03 Å². The van der Waals surface area contributed by atoms with Crippen molar-refractivity contribution in [2.75, 3.05) is 12.3 Å². The fourth-order valence-corrected chi connectivity index (χ4v) is 11.0. The van der Waals surface area contributed by atoms with Gasteiger partial charge in [0.1, 0.15) is 12.1 Å². The van der Waals surface area contributed by atoms with E-state index in [-0.39, 0.29) is 59.5 Å². The summed E-state index contributed by atoms with van der Waals surface area (Å²) in [5.41, 5.74) is -1.06. The Morgan fingerprint density at radius 1 is 0.863 bits per heavy atom. The van der Waals surface area contributed by atoms with E-state index in [0.29, 0.717) is 18.7 Å². The topological polar surface area (TPSA) is 137 Å². The van der Waals surface area contributed by atoms with E-state index in [1.54, 1.807) is 0 Å². The predicted octanol–water partition coefficient (Wildman–Crippen LogP) is 6.09. The third-order valence-corrected chi connectivity index (χ3v) is 15.4. The summed E-state index contributed by atoms with van der Waals surface area (Å²) in [6.07, 6.45) is 14.9. The van der Waals surface area contributed by atoms with Crippen molar-refractivity contribution in [3.8, 4) is 0 Å². The van der Waals surface area contributed by atoms with Gasteiger partial charge in [0.05, 0.1) is 5.54 Å². The summed E-state index contributed by atoms with van der Waals surface area (Å²) in [5, 5.41) is 12.8. The maximum absolute atomic E-state index is 15.1. The van der Waals surface area contributed by atoms with Crippen LogP contribution in [0.5, 0.6) is 0 Å². The van der Waals surface area contributed by atoms with Gasteiger partial charge < -0.3 is 26.2 Å². The van der Waals surface area contributed by atoms with Gasteiger partial charge in [-0.05, 0) is 101 Å². The summed E-state index contributed by atoms with van der Waals surface area (Å²) in [6.45, 7) is 15.1. The molecule has 4 aliphatic carbocycles. The Morgan fingerprint density at radius 2 is 1.49 bits per heavy atom. The van der Waals surface area contributed by atoms with Crippen molar-refractivity contribution < 1.29 is 23.4 Å². The van der Waals surface area contributed by atoms with Crippen molar-refractivity contribution in [2.24, 2.45) is 22.7 Å². The first-order valence-electron chi connectivity index (χ1n) is 20.3. The van der Waals surface area contributed by atoms with Gasteiger partial charge in [0.15, 0.2) is 0 Å². The number of rotatable bonds is 13. The number of urea groups is 1. The molecule has 0 bridgehead atoms. The smallest absolute Gasteiger partial charge is 0.315 e. The maximum atomic E-state index is 15.1. The minimum atomic E-state index is -1.14. The Bertz CT molecular complexity index is 1300. The van der Waals surface area contributed by atoms with Crippen molar-refractivity contribution in [2.45, 2.75) is 192 Å². The SMILES string of the molecule is CCCC(CC(=O)NC1CC1)NC(=O)[C@@H]1[C@H]2CCC(C)(C)[C@H]2CN1C(=O)[C@@H](NC(=O)NC1(CS(=O)C(C)(C)C)CCCCC1)C1(C)CCCCC1. The number of nitrogens with one attached hydrogen (secondary N) is 4. The van der Waals surface area contributed by atoms with Gasteiger partial charge in [-0.2, -0.15) is 0 Å². The molecule has 51 heavy (non-hydrogen) atoms. The zero-order valence-electron chi connectivity index (χ0n) is 32.8. The standard InChI is InChI=1S/C40H69N5O5S/c1-8-15-28(24-31(46)41-27-16-17-27)42-34(47)32-29-18-23-38(5,6)30(29)25-45(32)35(48)33(39(7)19-11-9-12-20-39)43-36(49)44-40(21-13-10-14-22-40)26-51(50)37(2,3)4/h27-30,32-33H,8-26H2,1-7H3,(H,41,46)(H,42,47)(H2,43,44,49)/t28?,29-,30-,32-,33+,51?/m0/s1. The van der Waals surface area contributed by atoms with Crippen LogP contribution in [-0.4, -0.2) is 79.6 Å². The van der Waals surface area contributed by atoms with Crippen molar-refractivity contribution in [3.63, 3.8) is 0 Å². The zero-order chi connectivity index (χ0) is 37.2. The van der Waals surface area contributed by atoms with Gasteiger partial charge in [0.2, 0.25) is 17.7 Å². The lowest BCUT2D eigenvalue weighted by molar-refractivity contribution is -0.144. The molecule has 0 radical (unpaired) electrons. The van der Waals surface area contributed by atoms with Crippen LogP contribution in [0, 0.1) is 22.7 Å². The predicted molar refractivity (Wildman–Crippen MR) is 203 cm³/mol. The average Bonchev–Trinajstić information content (AvgIpc) is 3.69. The number of amides is 5. The molecule has 0 aromatic carbocycles. The number of hydrogen-bond acceptors (Lipinski definition) is 5. The van der Waals surface area contributed by atoms with Gasteiger partial charge in [0, 0.05) is 46.3 Å². The van der Waals surface area contributed by atoms with Crippen LogP contribution in [0.15, 0.2) is 0 Å². The Balaban J connectivity index is 1.40. The van der Waals surface area contributed by atoms with Crippen LogP contribution in [-0.2, 0) is 25.2 Å². The quantitative estimate of drug-likeness (QED) is 0.182. The molecule has 0 aromatic rings. The second-order valence-electron chi connectivity index (χ2n) is 19.0. The van der Waals surface area contributed by atoms with E-state index in [1.165, 1.54) is 0 Å². The summed E-state index contributed by atoms with van der Waals surface area (Å²) < 4.78 is 13.0. The van der Waals surface area contributed by atoms with E-state index < -0.39 is 38.6 Å². The van der Waals surface area contributed by atoms with Gasteiger partial charge in [0.25, 0.3) is 0 Å². The molecule has 5 aliphatic rings. The van der Waals surface area contributed by atoms with Crippen molar-refractivity contribution in [1.82, 2.24) is 26.2 Å². The summed E-state index contributed by atoms with van der Waals surface area (Å²) in [5.74, 6) is 0.218. The zero-order valence-corrected chi connectivity index (χ0v) is 33.6. The first-order valence-corrected chi connectivity index (χ1v) is 21.7. The Hall–Kier alpha value is -2.17. The molecule has 4 saturated carbocycles. The van der Waals surface area contributed by atoms with E-state index in [1.807, 2.05) is 25.7 Å². The van der Waals surface area contributed by atoms with Crippen molar-refractivity contribution in [3.05, 3.63) is 0 Å². The van der Waals surface area contributed by atoms with Crippen molar-refractivity contribution in [1.29, 1.82) is 0 Å². The molecular weight excluding hydrogens is 663 g/mol. The summed E-state index contributed by atoms with van der Waals surface area (Å²) in [4.78, 5) is 58.4. The first-order chi connectivity index (χ1) is 24.0. The van der Waals surface area contributed by atoms with Gasteiger partial charge in [-0.25, -0.2) is 4.79 Å². The molecule has 1 saturated heterocycles. The van der Waals surface area contributed by atoms with Crippen LogP contribution in [0.4, 0.5) is 4.79 Å². The minimum absolute atomic E-state index is 0.0176. The average molecular weight is 732 g/mol. The lowest BCUT2D eigenvalue weighted by atomic mass is 9.70. The molecule has 11 heteroatoms. The van der Waals surface area contributed by atoms with Crippen LogP contribution in [0.25, 0.3) is 0 Å². The monoisotopic (exact) mass is 732 g/mol. The molecule has 10 nitrogen and oxygen atoms in total. The molecule has 0 aromatic heterocycles. The highest BCUT2D eigenvalue weighted by Crippen LogP contribution is 2.53. The van der Waals surface area contributed by atoms with Gasteiger partial charge in [-0.15, -0.1) is 0 Å². The van der Waals surface area contributed by atoms with Gasteiger partial charge in [-0.1, -0.05) is 72.6 Å². The van der Waals surface area contributed by atoms with E-state index >= 15 is 4.79 Å². The second-order valence-corrected chi connectivity index (χ2v) is 21.2. The molecular formula is C40H69N5O5S. The molecule has 0 spiro atoms. The third-order valence-electron chi connectivity index (χ3n) is 13.2. The number of fused-ring (bicyclic) bond motifs is 1. The van der Waals surface area contributed by atoms with Crippen LogP contribution < -0.4 is 21.3 Å². The number of carbonyl (C=O) groups excluding carboxylic acids is 4. The van der Waals surface area contributed by atoms with E-state index in [4.69, 9.17) is 0 Å². The molecule has 1 aliphatic heterocycles. The number of hydrogen-bond donors (Lipinski definition) is 4. The third kappa shape index (κ3) is 9.69. The largest absolute Gasteiger partial charge is 0.353 e. The summed E-state index contributed by atoms with van der Waals surface area (Å²) in [6, 6.07) is -1.85. The molecule has 1 heterocycles. The Kier molecular flexibility index (Phi) is 12.6. The summed E-state index contributed by atoms with van der Waals surface area (Å²) >= 11 is 0. The molecule has 5 rings (SSSR count). The molecule has 6 atom stereocenters. The Morgan fingerprint density at radius 3 is 2.08 bits per heavy atom. The van der Waals surface area contributed by atoms with Crippen LogP contribution >= 0.6 is 0 Å². The fraction of sp³-hybridized carbons (Fsp3) is 0.900. The molecule has 2 unspecified atom stereocenters.